The second kappa shape index (κ2) is 9.97. The van der Waals surface area contributed by atoms with Gasteiger partial charge in [-0.25, -0.2) is 15.0 Å². The minimum absolute atomic E-state index is 0.169. The number of anilines is 1. The number of amides is 1. The van der Waals surface area contributed by atoms with Crippen LogP contribution in [0.2, 0.25) is 5.02 Å². The number of rotatable bonds is 5. The monoisotopic (exact) mass is 489 g/mol. The maximum Gasteiger partial charge on any atom is 0.417 e. The van der Waals surface area contributed by atoms with Crippen molar-refractivity contribution in [3.63, 3.8) is 0 Å². The molecule has 1 aliphatic heterocycles. The van der Waals surface area contributed by atoms with E-state index >= 15 is 0 Å². The number of piperidine rings is 1. The SMILES string of the molecule is C[C@@H]1CCCN(C(=O)c2ccc(Cl)cc2-c2ncccn2)C1CNc1ccc(C(F)(F)F)cn1. The van der Waals surface area contributed by atoms with Crippen molar-refractivity contribution in [2.75, 3.05) is 18.4 Å². The summed E-state index contributed by atoms with van der Waals surface area (Å²) >= 11 is 6.20. The fraction of sp³-hybridized carbons (Fsp3) is 0.333. The molecule has 3 heterocycles. The normalized spacial score (nSPS) is 18.6. The molecular formula is C24H23ClF3N5O. The van der Waals surface area contributed by atoms with E-state index in [1.54, 1.807) is 41.6 Å². The number of carbonyl (C=O) groups excluding carboxylic acids is 1. The van der Waals surface area contributed by atoms with Crippen LogP contribution >= 0.6 is 11.6 Å². The van der Waals surface area contributed by atoms with Gasteiger partial charge >= 0.3 is 6.18 Å². The van der Waals surface area contributed by atoms with Gasteiger partial charge in [0.1, 0.15) is 5.82 Å². The summed E-state index contributed by atoms with van der Waals surface area (Å²) in [6.45, 7) is 2.98. The predicted molar refractivity (Wildman–Crippen MR) is 123 cm³/mol. The van der Waals surface area contributed by atoms with E-state index in [2.05, 4.69) is 27.2 Å². The fourth-order valence-electron chi connectivity index (χ4n) is 4.17. The van der Waals surface area contributed by atoms with E-state index in [1.807, 2.05) is 0 Å². The van der Waals surface area contributed by atoms with E-state index < -0.39 is 11.7 Å². The summed E-state index contributed by atoms with van der Waals surface area (Å²) < 4.78 is 38.4. The van der Waals surface area contributed by atoms with Crippen molar-refractivity contribution < 1.29 is 18.0 Å². The highest BCUT2D eigenvalue weighted by Crippen LogP contribution is 2.31. The van der Waals surface area contributed by atoms with Crippen molar-refractivity contribution >= 4 is 23.3 Å². The zero-order valence-electron chi connectivity index (χ0n) is 18.4. The largest absolute Gasteiger partial charge is 0.417 e. The second-order valence-corrected chi connectivity index (χ2v) is 8.69. The first-order chi connectivity index (χ1) is 16.2. The van der Waals surface area contributed by atoms with E-state index in [9.17, 15) is 18.0 Å². The first-order valence-corrected chi connectivity index (χ1v) is 11.3. The zero-order chi connectivity index (χ0) is 24.3. The lowest BCUT2D eigenvalue weighted by Crippen LogP contribution is -2.51. The standard InChI is InChI=1S/C24H23ClF3N5O/c1-15-4-2-11-33(20(15)14-32-21-8-5-16(13-31-21)24(26,27)28)23(34)18-7-6-17(25)12-19(18)22-29-9-3-10-30-22/h3,5-10,12-13,15,20H,2,4,11,14H2,1H3,(H,31,32)/t15-,20?/m1/s1. The lowest BCUT2D eigenvalue weighted by Gasteiger charge is -2.40. The van der Waals surface area contributed by atoms with Gasteiger partial charge in [0.05, 0.1) is 17.2 Å². The van der Waals surface area contributed by atoms with Crippen molar-refractivity contribution in [1.82, 2.24) is 19.9 Å². The smallest absolute Gasteiger partial charge is 0.368 e. The van der Waals surface area contributed by atoms with Crippen molar-refractivity contribution in [3.05, 3.63) is 71.1 Å². The number of alkyl halides is 3. The number of hydrogen-bond donors (Lipinski definition) is 1. The molecule has 1 unspecified atom stereocenters. The molecule has 0 radical (unpaired) electrons. The Bertz CT molecular complexity index is 1140. The van der Waals surface area contributed by atoms with Crippen LogP contribution in [0, 0.1) is 5.92 Å². The first kappa shape index (κ1) is 23.9. The number of benzene rings is 1. The van der Waals surface area contributed by atoms with E-state index in [-0.39, 0.29) is 17.9 Å². The molecule has 1 amide bonds. The summed E-state index contributed by atoms with van der Waals surface area (Å²) in [6.07, 6.45) is 1.35. The Labute approximate surface area is 200 Å². The molecule has 1 N–H and O–H groups in total. The predicted octanol–water partition coefficient (Wildman–Crippen LogP) is 5.56. The lowest BCUT2D eigenvalue weighted by atomic mass is 9.89. The number of nitrogens with zero attached hydrogens (tertiary/aromatic N) is 4. The Morgan fingerprint density at radius 3 is 2.62 bits per heavy atom. The fourth-order valence-corrected chi connectivity index (χ4v) is 4.34. The van der Waals surface area contributed by atoms with E-state index in [0.717, 1.165) is 25.1 Å². The molecule has 1 saturated heterocycles. The Morgan fingerprint density at radius 2 is 1.94 bits per heavy atom. The van der Waals surface area contributed by atoms with Crippen LogP contribution in [0.4, 0.5) is 19.0 Å². The van der Waals surface area contributed by atoms with Gasteiger partial charge in [0, 0.05) is 42.3 Å². The molecule has 178 valence electrons. The van der Waals surface area contributed by atoms with Crippen LogP contribution in [0.1, 0.15) is 35.7 Å². The number of halogens is 4. The average molecular weight is 490 g/mol. The van der Waals surface area contributed by atoms with E-state index in [1.165, 1.54) is 6.07 Å². The van der Waals surface area contributed by atoms with Gasteiger partial charge < -0.3 is 10.2 Å². The van der Waals surface area contributed by atoms with Gasteiger partial charge in [-0.05, 0) is 55.2 Å². The summed E-state index contributed by atoms with van der Waals surface area (Å²) in [5, 5.41) is 3.57. The molecule has 6 nitrogen and oxygen atoms in total. The molecule has 0 saturated carbocycles. The number of pyridine rings is 1. The van der Waals surface area contributed by atoms with Gasteiger partial charge in [-0.2, -0.15) is 13.2 Å². The molecule has 4 rings (SSSR count). The van der Waals surface area contributed by atoms with Gasteiger partial charge in [-0.1, -0.05) is 18.5 Å². The Hall–Kier alpha value is -3.20. The number of hydrogen-bond acceptors (Lipinski definition) is 5. The first-order valence-electron chi connectivity index (χ1n) is 10.9. The Kier molecular flexibility index (Phi) is 7.02. The van der Waals surface area contributed by atoms with Crippen LogP contribution in [0.3, 0.4) is 0 Å². The van der Waals surface area contributed by atoms with Gasteiger partial charge in [0.25, 0.3) is 5.91 Å². The van der Waals surface area contributed by atoms with Crippen LogP contribution in [-0.2, 0) is 6.18 Å². The summed E-state index contributed by atoms with van der Waals surface area (Å²) in [6, 6.07) is 8.82. The molecular weight excluding hydrogens is 467 g/mol. The van der Waals surface area contributed by atoms with Gasteiger partial charge in [-0.15, -0.1) is 0 Å². The molecule has 10 heteroatoms. The Morgan fingerprint density at radius 1 is 1.18 bits per heavy atom. The van der Waals surface area contributed by atoms with Crippen molar-refractivity contribution in [3.8, 4) is 11.4 Å². The molecule has 2 aromatic heterocycles. The summed E-state index contributed by atoms with van der Waals surface area (Å²) in [5.41, 5.74) is 0.189. The summed E-state index contributed by atoms with van der Waals surface area (Å²) in [5.74, 6) is 0.742. The molecule has 1 aliphatic rings. The van der Waals surface area contributed by atoms with E-state index in [0.29, 0.717) is 40.9 Å². The van der Waals surface area contributed by atoms with Crippen LogP contribution in [0.15, 0.2) is 55.0 Å². The highest BCUT2D eigenvalue weighted by atomic mass is 35.5. The van der Waals surface area contributed by atoms with Gasteiger partial charge in [0.15, 0.2) is 5.82 Å². The van der Waals surface area contributed by atoms with Gasteiger partial charge in [-0.3, -0.25) is 4.79 Å². The van der Waals surface area contributed by atoms with Crippen LogP contribution in [0.5, 0.6) is 0 Å². The molecule has 2 atom stereocenters. The third-order valence-electron chi connectivity index (χ3n) is 5.98. The molecule has 34 heavy (non-hydrogen) atoms. The highest BCUT2D eigenvalue weighted by molar-refractivity contribution is 6.31. The van der Waals surface area contributed by atoms with Crippen molar-refractivity contribution in [2.45, 2.75) is 32.0 Å². The van der Waals surface area contributed by atoms with Gasteiger partial charge in [0.2, 0.25) is 0 Å². The molecule has 1 aromatic carbocycles. The van der Waals surface area contributed by atoms with E-state index in [4.69, 9.17) is 11.6 Å². The van der Waals surface area contributed by atoms with Crippen LogP contribution in [0.25, 0.3) is 11.4 Å². The maximum absolute atomic E-state index is 13.7. The third-order valence-corrected chi connectivity index (χ3v) is 6.21. The lowest BCUT2D eigenvalue weighted by molar-refractivity contribution is -0.137. The topological polar surface area (TPSA) is 71.0 Å². The molecule has 0 spiro atoms. The van der Waals surface area contributed by atoms with Crippen molar-refractivity contribution in [1.29, 1.82) is 0 Å². The highest BCUT2D eigenvalue weighted by Gasteiger charge is 2.34. The molecule has 1 fully saturated rings. The molecule has 0 aliphatic carbocycles. The molecule has 0 bridgehead atoms. The number of nitrogens with one attached hydrogen (secondary N) is 1. The number of carbonyl (C=O) groups is 1. The third kappa shape index (κ3) is 5.30. The number of likely N-dealkylation sites (tertiary alicyclic amines) is 1. The quantitative estimate of drug-likeness (QED) is 0.508. The minimum Gasteiger partial charge on any atom is -0.368 e. The van der Waals surface area contributed by atoms with Crippen LogP contribution in [-0.4, -0.2) is 44.9 Å². The summed E-state index contributed by atoms with van der Waals surface area (Å²) in [4.78, 5) is 27.9. The maximum atomic E-state index is 13.7. The summed E-state index contributed by atoms with van der Waals surface area (Å²) in [7, 11) is 0. The second-order valence-electron chi connectivity index (χ2n) is 8.26. The molecule has 3 aromatic rings. The Balaban J connectivity index is 1.56. The van der Waals surface area contributed by atoms with Crippen LogP contribution < -0.4 is 5.32 Å². The average Bonchev–Trinajstić information content (AvgIpc) is 2.83. The zero-order valence-corrected chi connectivity index (χ0v) is 19.1. The number of aromatic nitrogens is 3. The van der Waals surface area contributed by atoms with Crippen molar-refractivity contribution in [2.24, 2.45) is 5.92 Å². The minimum atomic E-state index is -4.44.